The Labute approximate surface area is 128 Å². The van der Waals surface area contributed by atoms with Crippen molar-refractivity contribution >= 4 is 0 Å². The molecule has 0 saturated carbocycles. The van der Waals surface area contributed by atoms with Crippen molar-refractivity contribution in [3.8, 4) is 5.75 Å². The number of likely N-dealkylation sites (N-methyl/N-ethyl adjacent to an activating group) is 1. The molecule has 2 aromatic carbocycles. The molecule has 1 N–H and O–H groups in total. The number of rotatable bonds is 7. The van der Waals surface area contributed by atoms with Gasteiger partial charge in [-0.2, -0.15) is 0 Å². The zero-order valence-electron chi connectivity index (χ0n) is 13.3. The summed E-state index contributed by atoms with van der Waals surface area (Å²) < 4.78 is 5.85. The standard InChI is InChI=1S/C19H25NO/c1-4-20-12-11-17-6-8-18(9-7-17)14-21-19-10-5-15(2)16(3)13-19/h5-10,13,20H,4,11-12,14H2,1-3H3. The van der Waals surface area contributed by atoms with E-state index in [4.69, 9.17) is 4.74 Å². The molecule has 0 atom stereocenters. The summed E-state index contributed by atoms with van der Waals surface area (Å²) >= 11 is 0. The van der Waals surface area contributed by atoms with E-state index in [1.165, 1.54) is 22.3 Å². The van der Waals surface area contributed by atoms with Crippen LogP contribution in [0.5, 0.6) is 5.75 Å². The van der Waals surface area contributed by atoms with Crippen LogP contribution in [0.4, 0.5) is 0 Å². The second kappa shape index (κ2) is 7.84. The van der Waals surface area contributed by atoms with Gasteiger partial charge in [-0.3, -0.25) is 0 Å². The van der Waals surface area contributed by atoms with Crippen molar-refractivity contribution < 1.29 is 4.74 Å². The summed E-state index contributed by atoms with van der Waals surface area (Å²) in [5.41, 5.74) is 5.14. The van der Waals surface area contributed by atoms with E-state index < -0.39 is 0 Å². The van der Waals surface area contributed by atoms with Gasteiger partial charge in [0.1, 0.15) is 12.4 Å². The Hall–Kier alpha value is -1.80. The first-order valence-electron chi connectivity index (χ1n) is 7.67. The van der Waals surface area contributed by atoms with Gasteiger partial charge in [0.15, 0.2) is 0 Å². The highest BCUT2D eigenvalue weighted by Crippen LogP contribution is 2.18. The molecule has 0 saturated heterocycles. The molecule has 0 unspecified atom stereocenters. The molecule has 0 bridgehead atoms. The summed E-state index contributed by atoms with van der Waals surface area (Å²) in [5.74, 6) is 0.939. The Balaban J connectivity index is 1.86. The van der Waals surface area contributed by atoms with Gasteiger partial charge in [-0.15, -0.1) is 0 Å². The van der Waals surface area contributed by atoms with Crippen LogP contribution in [0.2, 0.25) is 0 Å². The van der Waals surface area contributed by atoms with E-state index in [2.05, 4.69) is 62.5 Å². The van der Waals surface area contributed by atoms with Gasteiger partial charge in [-0.1, -0.05) is 37.3 Å². The zero-order chi connectivity index (χ0) is 15.1. The fourth-order valence-corrected chi connectivity index (χ4v) is 2.18. The predicted molar refractivity (Wildman–Crippen MR) is 88.9 cm³/mol. The number of hydrogen-bond acceptors (Lipinski definition) is 2. The Bertz CT molecular complexity index is 560. The van der Waals surface area contributed by atoms with Gasteiger partial charge in [-0.05, 0) is 67.7 Å². The van der Waals surface area contributed by atoms with Crippen molar-refractivity contribution in [2.24, 2.45) is 0 Å². The maximum absolute atomic E-state index is 5.85. The molecule has 0 fully saturated rings. The predicted octanol–water partition coefficient (Wildman–Crippen LogP) is 4.03. The highest BCUT2D eigenvalue weighted by molar-refractivity contribution is 5.34. The molecule has 0 aliphatic heterocycles. The average molecular weight is 283 g/mol. The topological polar surface area (TPSA) is 21.3 Å². The number of ether oxygens (including phenoxy) is 1. The zero-order valence-corrected chi connectivity index (χ0v) is 13.3. The van der Waals surface area contributed by atoms with Crippen LogP contribution in [0.15, 0.2) is 42.5 Å². The minimum absolute atomic E-state index is 0.621. The van der Waals surface area contributed by atoms with Crippen molar-refractivity contribution in [2.75, 3.05) is 13.1 Å². The molecule has 0 amide bonds. The molecule has 0 aliphatic rings. The number of hydrogen-bond donors (Lipinski definition) is 1. The lowest BCUT2D eigenvalue weighted by atomic mass is 10.1. The Kier molecular flexibility index (Phi) is 5.82. The summed E-state index contributed by atoms with van der Waals surface area (Å²) in [7, 11) is 0. The van der Waals surface area contributed by atoms with Crippen LogP contribution in [0, 0.1) is 13.8 Å². The normalized spacial score (nSPS) is 10.6. The third-order valence-electron chi connectivity index (χ3n) is 3.75. The van der Waals surface area contributed by atoms with Crippen LogP contribution < -0.4 is 10.1 Å². The van der Waals surface area contributed by atoms with Crippen molar-refractivity contribution in [3.05, 3.63) is 64.7 Å². The quantitative estimate of drug-likeness (QED) is 0.775. The Morgan fingerprint density at radius 3 is 2.29 bits per heavy atom. The smallest absolute Gasteiger partial charge is 0.120 e. The number of benzene rings is 2. The monoisotopic (exact) mass is 283 g/mol. The van der Waals surface area contributed by atoms with Gasteiger partial charge < -0.3 is 10.1 Å². The largest absolute Gasteiger partial charge is 0.489 e. The van der Waals surface area contributed by atoms with Gasteiger partial charge in [0.25, 0.3) is 0 Å². The maximum atomic E-state index is 5.85. The molecule has 0 aliphatic carbocycles. The number of nitrogens with one attached hydrogen (secondary N) is 1. The highest BCUT2D eigenvalue weighted by atomic mass is 16.5. The summed E-state index contributed by atoms with van der Waals surface area (Å²) in [6, 6.07) is 14.9. The molecule has 2 rings (SSSR count). The van der Waals surface area contributed by atoms with E-state index in [9.17, 15) is 0 Å². The van der Waals surface area contributed by atoms with Gasteiger partial charge in [0, 0.05) is 0 Å². The molecule has 0 heterocycles. The minimum atomic E-state index is 0.621. The Morgan fingerprint density at radius 1 is 0.905 bits per heavy atom. The van der Waals surface area contributed by atoms with E-state index in [-0.39, 0.29) is 0 Å². The third kappa shape index (κ3) is 4.91. The molecule has 0 aromatic heterocycles. The van der Waals surface area contributed by atoms with Crippen LogP contribution in [-0.2, 0) is 13.0 Å². The van der Waals surface area contributed by atoms with E-state index >= 15 is 0 Å². The minimum Gasteiger partial charge on any atom is -0.489 e. The molecule has 0 radical (unpaired) electrons. The second-order valence-corrected chi connectivity index (χ2v) is 5.45. The van der Waals surface area contributed by atoms with E-state index in [0.717, 1.165) is 25.3 Å². The lowest BCUT2D eigenvalue weighted by Gasteiger charge is -2.09. The summed E-state index contributed by atoms with van der Waals surface area (Å²) in [4.78, 5) is 0. The summed E-state index contributed by atoms with van der Waals surface area (Å²) in [6.07, 6.45) is 1.08. The van der Waals surface area contributed by atoms with Crippen LogP contribution in [-0.4, -0.2) is 13.1 Å². The van der Waals surface area contributed by atoms with Gasteiger partial charge in [0.05, 0.1) is 0 Å². The molecular formula is C19H25NO. The first kappa shape index (κ1) is 15.6. The van der Waals surface area contributed by atoms with Crippen LogP contribution in [0.1, 0.15) is 29.2 Å². The van der Waals surface area contributed by atoms with Gasteiger partial charge in [0.2, 0.25) is 0 Å². The molecular weight excluding hydrogens is 258 g/mol. The molecule has 21 heavy (non-hydrogen) atoms. The lowest BCUT2D eigenvalue weighted by molar-refractivity contribution is 0.306. The molecule has 2 aromatic rings. The molecule has 2 nitrogen and oxygen atoms in total. The maximum Gasteiger partial charge on any atom is 0.120 e. The fraction of sp³-hybridized carbons (Fsp3) is 0.368. The second-order valence-electron chi connectivity index (χ2n) is 5.45. The molecule has 0 spiro atoms. The number of aryl methyl sites for hydroxylation is 2. The van der Waals surface area contributed by atoms with Crippen molar-refractivity contribution in [1.82, 2.24) is 5.32 Å². The van der Waals surface area contributed by atoms with Crippen molar-refractivity contribution in [2.45, 2.75) is 33.8 Å². The van der Waals surface area contributed by atoms with E-state index in [0.29, 0.717) is 6.61 Å². The van der Waals surface area contributed by atoms with Crippen LogP contribution in [0.25, 0.3) is 0 Å². The molecule has 112 valence electrons. The third-order valence-corrected chi connectivity index (χ3v) is 3.75. The van der Waals surface area contributed by atoms with Crippen molar-refractivity contribution in [3.63, 3.8) is 0 Å². The highest BCUT2D eigenvalue weighted by Gasteiger charge is 1.99. The fourth-order valence-electron chi connectivity index (χ4n) is 2.18. The van der Waals surface area contributed by atoms with Crippen LogP contribution >= 0.6 is 0 Å². The summed E-state index contributed by atoms with van der Waals surface area (Å²) in [6.45, 7) is 9.05. The average Bonchev–Trinajstić information content (AvgIpc) is 2.50. The Morgan fingerprint density at radius 2 is 1.62 bits per heavy atom. The van der Waals surface area contributed by atoms with E-state index in [1.54, 1.807) is 0 Å². The van der Waals surface area contributed by atoms with Gasteiger partial charge >= 0.3 is 0 Å². The first-order chi connectivity index (χ1) is 10.2. The SMILES string of the molecule is CCNCCc1ccc(COc2ccc(C)c(C)c2)cc1. The van der Waals surface area contributed by atoms with Crippen molar-refractivity contribution in [1.29, 1.82) is 0 Å². The summed E-state index contributed by atoms with van der Waals surface area (Å²) in [5, 5.41) is 3.34. The first-order valence-corrected chi connectivity index (χ1v) is 7.67. The van der Waals surface area contributed by atoms with E-state index in [1.807, 2.05) is 6.07 Å². The lowest BCUT2D eigenvalue weighted by Crippen LogP contribution is -2.15. The van der Waals surface area contributed by atoms with Gasteiger partial charge in [-0.25, -0.2) is 0 Å². The molecule has 2 heteroatoms. The van der Waals surface area contributed by atoms with Crippen LogP contribution in [0.3, 0.4) is 0 Å².